The van der Waals surface area contributed by atoms with Crippen LogP contribution in [0.3, 0.4) is 0 Å². The molecule has 5 aromatic rings. The summed E-state index contributed by atoms with van der Waals surface area (Å²) in [5.74, 6) is 0. The largest absolute Gasteiger partial charge is 0.236 e. The molecule has 0 unspecified atom stereocenters. The Morgan fingerprint density at radius 2 is 1.29 bits per heavy atom. The summed E-state index contributed by atoms with van der Waals surface area (Å²) in [5.41, 5.74) is 4.53. The van der Waals surface area contributed by atoms with Crippen LogP contribution in [0.2, 0.25) is 0 Å². The summed E-state index contributed by atoms with van der Waals surface area (Å²) >= 11 is 1.85. The first kappa shape index (κ1) is 24.6. The molecule has 1 aliphatic rings. The van der Waals surface area contributed by atoms with Crippen molar-refractivity contribution in [1.82, 2.24) is 15.0 Å². The fourth-order valence-electron chi connectivity index (χ4n) is 4.83. The molecule has 1 heterocycles. The van der Waals surface area contributed by atoms with Crippen LogP contribution in [-0.2, 0) is 0 Å². The van der Waals surface area contributed by atoms with Gasteiger partial charge in [0.25, 0.3) is 0 Å². The molecule has 3 nitrogen and oxygen atoms in total. The normalized spacial score (nSPS) is 13.8. The minimum atomic E-state index is -0.899. The Morgan fingerprint density at radius 3 is 1.89 bits per heavy atom. The number of nitrogens with zero attached hydrogens (tertiary/aromatic N) is 3. The van der Waals surface area contributed by atoms with Gasteiger partial charge in [-0.1, -0.05) is 138 Å². The van der Waals surface area contributed by atoms with Crippen molar-refractivity contribution in [1.29, 1.82) is 0 Å². The van der Waals surface area contributed by atoms with Crippen molar-refractivity contribution in [3.8, 4) is 11.3 Å². The topological polar surface area (TPSA) is 30.7 Å². The lowest BCUT2D eigenvalue weighted by Gasteiger charge is -2.24. The number of benzene rings is 4. The van der Waals surface area contributed by atoms with E-state index in [1.54, 1.807) is 0 Å². The molecule has 0 radical (unpaired) electrons. The van der Waals surface area contributed by atoms with Crippen LogP contribution in [0.15, 0.2) is 149 Å². The molecular formula is C33H28N3PS. The van der Waals surface area contributed by atoms with Gasteiger partial charge in [0.2, 0.25) is 0 Å². The third kappa shape index (κ3) is 5.03. The van der Waals surface area contributed by atoms with Crippen molar-refractivity contribution in [2.75, 3.05) is 0 Å². The van der Waals surface area contributed by atoms with Crippen molar-refractivity contribution in [2.24, 2.45) is 0 Å². The number of aromatic nitrogens is 3. The summed E-state index contributed by atoms with van der Waals surface area (Å²) in [6.07, 6.45) is 5.49. The minimum Gasteiger partial charge on any atom is -0.236 e. The predicted molar refractivity (Wildman–Crippen MR) is 162 cm³/mol. The van der Waals surface area contributed by atoms with Crippen LogP contribution in [-0.4, -0.2) is 15.0 Å². The average Bonchev–Trinajstić information content (AvgIpc) is 3.63. The van der Waals surface area contributed by atoms with Gasteiger partial charge in [0.05, 0.1) is 11.5 Å². The van der Waals surface area contributed by atoms with Crippen LogP contribution in [0, 0.1) is 0 Å². The lowest BCUT2D eigenvalue weighted by molar-refractivity contribution is 0.554. The lowest BCUT2D eigenvalue weighted by atomic mass is 10.1. The molecule has 0 saturated heterocycles. The molecule has 0 spiro atoms. The van der Waals surface area contributed by atoms with Gasteiger partial charge < -0.3 is 0 Å². The van der Waals surface area contributed by atoms with E-state index in [9.17, 15) is 0 Å². The highest BCUT2D eigenvalue weighted by molar-refractivity contribution is 8.03. The Morgan fingerprint density at radius 1 is 0.737 bits per heavy atom. The van der Waals surface area contributed by atoms with E-state index in [4.69, 9.17) is 10.3 Å². The van der Waals surface area contributed by atoms with Crippen LogP contribution in [0.5, 0.6) is 0 Å². The molecule has 4 aromatic carbocycles. The standard InChI is InChI=1S/C33H28N3PS/c1-25(30-23-14-24-31(30)38-29-21-12-5-13-22-29)36-33(32(34-35-36)26-15-6-2-7-16-26)37(27-17-8-3-9-18-27)28-19-10-4-11-20-28/h2-23,25H,24H2,1H3/t25-/m0/s1. The average molecular weight is 530 g/mol. The van der Waals surface area contributed by atoms with Gasteiger partial charge in [-0.3, -0.25) is 0 Å². The molecule has 5 heteroatoms. The summed E-state index contributed by atoms with van der Waals surface area (Å²) in [5, 5.41) is 12.3. The van der Waals surface area contributed by atoms with Crippen LogP contribution in [0.25, 0.3) is 11.3 Å². The first-order chi connectivity index (χ1) is 18.8. The number of rotatable bonds is 8. The molecule has 38 heavy (non-hydrogen) atoms. The minimum absolute atomic E-state index is 0.0392. The second kappa shape index (κ2) is 11.3. The van der Waals surface area contributed by atoms with E-state index in [2.05, 4.69) is 145 Å². The number of allylic oxidation sites excluding steroid dienone is 4. The zero-order valence-corrected chi connectivity index (χ0v) is 22.9. The third-order valence-electron chi connectivity index (χ3n) is 6.68. The quantitative estimate of drug-likeness (QED) is 0.198. The van der Waals surface area contributed by atoms with E-state index >= 15 is 0 Å². The van der Waals surface area contributed by atoms with Gasteiger partial charge >= 0.3 is 0 Å². The van der Waals surface area contributed by atoms with E-state index in [0.717, 1.165) is 17.7 Å². The van der Waals surface area contributed by atoms with Crippen LogP contribution < -0.4 is 16.0 Å². The molecule has 0 fully saturated rings. The molecule has 1 aliphatic carbocycles. The summed E-state index contributed by atoms with van der Waals surface area (Å²) in [6, 6.07) is 42.8. The molecule has 0 amide bonds. The van der Waals surface area contributed by atoms with Gasteiger partial charge in [0, 0.05) is 18.4 Å². The first-order valence-electron chi connectivity index (χ1n) is 12.8. The maximum absolute atomic E-state index is 4.86. The first-order valence-corrected chi connectivity index (χ1v) is 15.0. The van der Waals surface area contributed by atoms with Crippen molar-refractivity contribution < 1.29 is 0 Å². The Balaban J connectivity index is 1.52. The highest BCUT2D eigenvalue weighted by Gasteiger charge is 2.30. The van der Waals surface area contributed by atoms with Crippen molar-refractivity contribution in [3.05, 3.63) is 144 Å². The molecule has 186 valence electrons. The van der Waals surface area contributed by atoms with Crippen molar-refractivity contribution in [3.63, 3.8) is 0 Å². The fraction of sp³-hybridized carbons (Fsp3) is 0.0909. The fourth-order valence-corrected chi connectivity index (χ4v) is 8.47. The van der Waals surface area contributed by atoms with Crippen molar-refractivity contribution in [2.45, 2.75) is 24.3 Å². The van der Waals surface area contributed by atoms with Gasteiger partial charge in [0.15, 0.2) is 0 Å². The highest BCUT2D eigenvalue weighted by atomic mass is 32.2. The smallest absolute Gasteiger partial charge is 0.121 e. The van der Waals surface area contributed by atoms with E-state index in [0.29, 0.717) is 0 Å². The molecule has 1 aromatic heterocycles. The van der Waals surface area contributed by atoms with Gasteiger partial charge in [-0.05, 0) is 46.6 Å². The number of thioether (sulfide) groups is 1. The lowest BCUT2D eigenvalue weighted by Crippen LogP contribution is -2.30. The molecule has 0 aliphatic heterocycles. The van der Waals surface area contributed by atoms with Gasteiger partial charge in [-0.25, -0.2) is 4.68 Å². The molecule has 0 saturated carbocycles. The van der Waals surface area contributed by atoms with E-state index in [1.807, 2.05) is 11.8 Å². The summed E-state index contributed by atoms with van der Waals surface area (Å²) in [4.78, 5) is 2.63. The maximum Gasteiger partial charge on any atom is 0.121 e. The highest BCUT2D eigenvalue weighted by Crippen LogP contribution is 2.42. The SMILES string of the molecule is C[C@@H](C1=C(Sc2ccccc2)CC=C1)n1nnc(-c2ccccc2)c1P(c1ccccc1)c1ccccc1. The Hall–Kier alpha value is -3.72. The number of hydrogen-bond acceptors (Lipinski definition) is 3. The predicted octanol–water partition coefficient (Wildman–Crippen LogP) is 7.27. The second-order valence-corrected chi connectivity index (χ2v) is 12.5. The van der Waals surface area contributed by atoms with E-state index in [1.165, 1.54) is 31.4 Å². The number of hydrogen-bond donors (Lipinski definition) is 0. The molecule has 6 rings (SSSR count). The van der Waals surface area contributed by atoms with Crippen molar-refractivity contribution >= 4 is 35.7 Å². The monoisotopic (exact) mass is 529 g/mol. The molecule has 0 bridgehead atoms. The van der Waals surface area contributed by atoms with Gasteiger partial charge in [0.1, 0.15) is 5.69 Å². The Labute approximate surface area is 229 Å². The van der Waals surface area contributed by atoms with E-state index in [-0.39, 0.29) is 6.04 Å². The summed E-state index contributed by atoms with van der Waals surface area (Å²) in [6.45, 7) is 2.26. The Kier molecular flexibility index (Phi) is 7.35. The van der Waals surface area contributed by atoms with Crippen LogP contribution in [0.4, 0.5) is 0 Å². The Bertz CT molecular complexity index is 1520. The van der Waals surface area contributed by atoms with Gasteiger partial charge in [-0.2, -0.15) is 0 Å². The summed E-state index contributed by atoms with van der Waals surface area (Å²) < 4.78 is 2.19. The molecule has 1 atom stereocenters. The van der Waals surface area contributed by atoms with Crippen LogP contribution >= 0.6 is 19.7 Å². The zero-order valence-electron chi connectivity index (χ0n) is 21.2. The molecule has 0 N–H and O–H groups in total. The third-order valence-corrected chi connectivity index (χ3v) is 10.3. The van der Waals surface area contributed by atoms with Gasteiger partial charge in [-0.15, -0.1) is 5.10 Å². The van der Waals surface area contributed by atoms with E-state index < -0.39 is 7.92 Å². The van der Waals surface area contributed by atoms with Crippen LogP contribution in [0.1, 0.15) is 19.4 Å². The maximum atomic E-state index is 4.86. The zero-order chi connectivity index (χ0) is 25.7. The summed E-state index contributed by atoms with van der Waals surface area (Å²) in [7, 11) is -0.899. The second-order valence-electron chi connectivity index (χ2n) is 9.15. The molecular weight excluding hydrogens is 501 g/mol.